The van der Waals surface area contributed by atoms with Crippen LogP contribution in [0.2, 0.25) is 0 Å². The molecule has 0 aromatic carbocycles. The summed E-state index contributed by atoms with van der Waals surface area (Å²) < 4.78 is 0. The Hall–Kier alpha value is -1.29. The van der Waals surface area contributed by atoms with E-state index in [2.05, 4.69) is 6.58 Å². The quantitative estimate of drug-likeness (QED) is 0.617. The van der Waals surface area contributed by atoms with Crippen LogP contribution in [0.3, 0.4) is 0 Å². The minimum Gasteiger partial charge on any atom is -0.356 e. The maximum Gasteiger partial charge on any atom is 0.254 e. The molecule has 0 aromatic heterocycles. The second-order valence-corrected chi connectivity index (χ2v) is 3.06. The van der Waals surface area contributed by atoms with Gasteiger partial charge in [0.2, 0.25) is 6.35 Å². The molecule has 0 spiro atoms. The van der Waals surface area contributed by atoms with E-state index in [0.29, 0.717) is 12.1 Å². The van der Waals surface area contributed by atoms with Gasteiger partial charge in [-0.15, -0.1) is 6.58 Å². The molecule has 4 nitrogen and oxygen atoms in total. The Bertz CT molecular complexity index is 260. The molecule has 0 bridgehead atoms. The number of nitrogens with zero attached hydrogens (tertiary/aromatic N) is 2. The molecular formula is C9H14N2O2. The van der Waals surface area contributed by atoms with Crippen molar-refractivity contribution in [2.75, 3.05) is 13.6 Å². The lowest BCUT2D eigenvalue weighted by atomic mass is 10.2. The highest BCUT2D eigenvalue weighted by Crippen LogP contribution is 2.14. The van der Waals surface area contributed by atoms with Crippen LogP contribution in [0.1, 0.15) is 6.92 Å². The highest BCUT2D eigenvalue weighted by Gasteiger charge is 2.27. The average Bonchev–Trinajstić information content (AvgIpc) is 2.11. The van der Waals surface area contributed by atoms with Gasteiger partial charge in [-0.3, -0.25) is 9.69 Å². The number of likely N-dealkylation sites (N-methyl/N-ethyl adjacent to an activating group) is 1. The van der Waals surface area contributed by atoms with Gasteiger partial charge in [-0.2, -0.15) is 0 Å². The van der Waals surface area contributed by atoms with E-state index in [4.69, 9.17) is 0 Å². The van der Waals surface area contributed by atoms with Gasteiger partial charge in [0.25, 0.3) is 5.91 Å². The van der Waals surface area contributed by atoms with Crippen molar-refractivity contribution in [2.45, 2.75) is 13.3 Å². The van der Waals surface area contributed by atoms with Crippen LogP contribution in [0.5, 0.6) is 0 Å². The van der Waals surface area contributed by atoms with E-state index in [-0.39, 0.29) is 5.91 Å². The SMILES string of the molecule is C=CCN1C=C(C)C(=O)N(C)C1O. The lowest BCUT2D eigenvalue weighted by molar-refractivity contribution is -0.149. The van der Waals surface area contributed by atoms with Crippen molar-refractivity contribution in [1.82, 2.24) is 9.80 Å². The molecule has 0 fully saturated rings. The summed E-state index contributed by atoms with van der Waals surface area (Å²) >= 11 is 0. The van der Waals surface area contributed by atoms with Gasteiger partial charge in [-0.1, -0.05) is 6.08 Å². The lowest BCUT2D eigenvalue weighted by Gasteiger charge is -2.36. The summed E-state index contributed by atoms with van der Waals surface area (Å²) in [4.78, 5) is 14.3. The predicted molar refractivity (Wildman–Crippen MR) is 49.4 cm³/mol. The molecule has 1 unspecified atom stereocenters. The third-order valence-corrected chi connectivity index (χ3v) is 2.00. The molecule has 0 aromatic rings. The molecule has 0 saturated carbocycles. The van der Waals surface area contributed by atoms with E-state index >= 15 is 0 Å². The summed E-state index contributed by atoms with van der Waals surface area (Å²) in [6, 6.07) is 0. The summed E-state index contributed by atoms with van der Waals surface area (Å²) in [5.74, 6) is -0.146. The van der Waals surface area contributed by atoms with Gasteiger partial charge in [0, 0.05) is 25.4 Å². The predicted octanol–water partition coefficient (Wildman–Crippen LogP) is 0.126. The van der Waals surface area contributed by atoms with Gasteiger partial charge in [-0.05, 0) is 6.92 Å². The van der Waals surface area contributed by atoms with E-state index < -0.39 is 6.35 Å². The summed E-state index contributed by atoms with van der Waals surface area (Å²) in [6.45, 7) is 5.82. The molecule has 1 N–H and O–H groups in total. The Balaban J connectivity index is 2.88. The normalized spacial score (nSPS) is 23.2. The van der Waals surface area contributed by atoms with Crippen molar-refractivity contribution in [2.24, 2.45) is 0 Å². The highest BCUT2D eigenvalue weighted by atomic mass is 16.3. The lowest BCUT2D eigenvalue weighted by Crippen LogP contribution is -2.50. The molecule has 1 atom stereocenters. The third-order valence-electron chi connectivity index (χ3n) is 2.00. The number of aliphatic hydroxyl groups is 1. The summed E-state index contributed by atoms with van der Waals surface area (Å²) in [7, 11) is 1.57. The fraction of sp³-hybridized carbons (Fsp3) is 0.444. The second kappa shape index (κ2) is 3.62. The molecule has 13 heavy (non-hydrogen) atoms. The smallest absolute Gasteiger partial charge is 0.254 e. The minimum atomic E-state index is -0.880. The zero-order valence-electron chi connectivity index (χ0n) is 7.90. The van der Waals surface area contributed by atoms with Gasteiger partial charge in [0.1, 0.15) is 0 Å². The summed E-state index contributed by atoms with van der Waals surface area (Å²) in [5, 5.41) is 9.60. The van der Waals surface area contributed by atoms with Crippen LogP contribution in [0.15, 0.2) is 24.4 Å². The van der Waals surface area contributed by atoms with Crippen LogP contribution in [0, 0.1) is 0 Å². The van der Waals surface area contributed by atoms with Crippen LogP contribution in [0.4, 0.5) is 0 Å². The van der Waals surface area contributed by atoms with Gasteiger partial charge >= 0.3 is 0 Å². The van der Waals surface area contributed by atoms with Crippen molar-refractivity contribution in [3.63, 3.8) is 0 Å². The van der Waals surface area contributed by atoms with Crippen LogP contribution in [-0.4, -0.2) is 40.8 Å². The van der Waals surface area contributed by atoms with E-state index in [1.165, 1.54) is 4.90 Å². The molecule has 4 heteroatoms. The van der Waals surface area contributed by atoms with Crippen molar-refractivity contribution in [3.05, 3.63) is 24.4 Å². The van der Waals surface area contributed by atoms with Gasteiger partial charge in [0.15, 0.2) is 0 Å². The monoisotopic (exact) mass is 182 g/mol. The van der Waals surface area contributed by atoms with E-state index in [0.717, 1.165) is 0 Å². The van der Waals surface area contributed by atoms with Gasteiger partial charge in [0.05, 0.1) is 0 Å². The highest BCUT2D eigenvalue weighted by molar-refractivity contribution is 5.93. The van der Waals surface area contributed by atoms with Crippen LogP contribution >= 0.6 is 0 Å². The molecule has 0 radical (unpaired) electrons. The first-order chi connectivity index (χ1) is 6.07. The number of hydrogen-bond acceptors (Lipinski definition) is 3. The summed E-state index contributed by atoms with van der Waals surface area (Å²) in [5.41, 5.74) is 0.620. The zero-order valence-corrected chi connectivity index (χ0v) is 7.90. The fourth-order valence-corrected chi connectivity index (χ4v) is 1.27. The Kier molecular flexibility index (Phi) is 2.72. The molecule has 1 amide bonds. The maximum atomic E-state index is 11.3. The number of amides is 1. The molecule has 72 valence electrons. The Morgan fingerprint density at radius 1 is 1.77 bits per heavy atom. The number of carbonyl (C=O) groups excluding carboxylic acids is 1. The number of aliphatic hydroxyl groups excluding tert-OH is 1. The van der Waals surface area contributed by atoms with Crippen molar-refractivity contribution >= 4 is 5.91 Å². The number of rotatable bonds is 2. The first kappa shape index (κ1) is 9.80. The standard InChI is InChI=1S/C9H14N2O2/c1-4-5-11-6-7(2)8(12)10(3)9(11)13/h4,6,9,13H,1,5H2,2-3H3. The molecule has 0 aliphatic carbocycles. The third kappa shape index (κ3) is 1.72. The van der Waals surface area contributed by atoms with Crippen molar-refractivity contribution < 1.29 is 9.90 Å². The molecule has 1 heterocycles. The molecule has 1 rings (SSSR count). The summed E-state index contributed by atoms with van der Waals surface area (Å²) in [6.07, 6.45) is 2.44. The van der Waals surface area contributed by atoms with Gasteiger partial charge in [-0.25, -0.2) is 0 Å². The fourth-order valence-electron chi connectivity index (χ4n) is 1.27. The van der Waals surface area contributed by atoms with E-state index in [1.807, 2.05) is 0 Å². The topological polar surface area (TPSA) is 43.8 Å². The zero-order chi connectivity index (χ0) is 10.0. The van der Waals surface area contributed by atoms with Crippen LogP contribution in [0.25, 0.3) is 0 Å². The molecular weight excluding hydrogens is 168 g/mol. The number of carbonyl (C=O) groups is 1. The van der Waals surface area contributed by atoms with Gasteiger partial charge < -0.3 is 10.0 Å². The Morgan fingerprint density at radius 3 is 2.92 bits per heavy atom. The molecule has 0 saturated heterocycles. The van der Waals surface area contributed by atoms with E-state index in [1.54, 1.807) is 31.1 Å². The minimum absolute atomic E-state index is 0.146. The van der Waals surface area contributed by atoms with Crippen molar-refractivity contribution in [3.8, 4) is 0 Å². The average molecular weight is 182 g/mol. The molecule has 1 aliphatic rings. The second-order valence-electron chi connectivity index (χ2n) is 3.06. The first-order valence-electron chi connectivity index (χ1n) is 4.08. The number of hydrogen-bond donors (Lipinski definition) is 1. The van der Waals surface area contributed by atoms with Crippen molar-refractivity contribution in [1.29, 1.82) is 0 Å². The Morgan fingerprint density at radius 2 is 2.38 bits per heavy atom. The van der Waals surface area contributed by atoms with E-state index in [9.17, 15) is 9.90 Å². The molecule has 1 aliphatic heterocycles. The maximum absolute atomic E-state index is 11.3. The Labute approximate surface area is 77.7 Å². The first-order valence-corrected chi connectivity index (χ1v) is 4.08. The largest absolute Gasteiger partial charge is 0.356 e. The van der Waals surface area contributed by atoms with Crippen LogP contribution in [-0.2, 0) is 4.79 Å². The van der Waals surface area contributed by atoms with Crippen LogP contribution < -0.4 is 0 Å².